The minimum absolute atomic E-state index is 0.446. The lowest BCUT2D eigenvalue weighted by Gasteiger charge is -1.98. The average Bonchev–Trinajstić information content (AvgIpc) is 2.97. The first kappa shape index (κ1) is 12.3. The summed E-state index contributed by atoms with van der Waals surface area (Å²) in [7, 11) is 2.02. The van der Waals surface area contributed by atoms with E-state index < -0.39 is 0 Å². The molecule has 0 spiro atoms. The molecule has 0 atom stereocenters. The predicted molar refractivity (Wildman–Crippen MR) is 84.1 cm³/mol. The van der Waals surface area contributed by atoms with Gasteiger partial charge in [-0.05, 0) is 30.7 Å². The Bertz CT molecular complexity index is 1040. The quantitative estimate of drug-likeness (QED) is 0.431. The van der Waals surface area contributed by atoms with E-state index in [2.05, 4.69) is 34.7 Å². The van der Waals surface area contributed by atoms with E-state index in [0.29, 0.717) is 4.84 Å². The Morgan fingerprint density at radius 3 is 2.76 bits per heavy atom. The highest BCUT2D eigenvalue weighted by Crippen LogP contribution is 2.24. The fourth-order valence-corrected chi connectivity index (χ4v) is 3.09. The molecular weight excluding hydrogens is 282 g/mol. The Morgan fingerprint density at radius 1 is 1.14 bits per heavy atom. The highest BCUT2D eigenvalue weighted by atomic mass is 32.1. The topological polar surface area (TPSA) is 37.7 Å². The van der Waals surface area contributed by atoms with Crippen LogP contribution in [0.2, 0.25) is 0 Å². The Morgan fingerprint density at radius 2 is 1.95 bits per heavy atom. The van der Waals surface area contributed by atoms with E-state index in [0.717, 1.165) is 33.6 Å². The van der Waals surface area contributed by atoms with Crippen molar-refractivity contribution in [1.29, 1.82) is 0 Å². The number of oxazole rings is 1. The molecule has 5 heteroatoms. The minimum atomic E-state index is 0.446. The SMILES string of the molecule is Cc1cccc2oc(=S)n(-c3[nH]c4ccccc4[n+]3C)c12. The standard InChI is InChI=1S/C16H13N3OS/c1-10-6-5-9-13-14(10)19(16(21)20-13)15-17-11-7-3-4-8-12(11)18(15)2/h3-9H,1-2H3/p+1. The van der Waals surface area contributed by atoms with Gasteiger partial charge in [0, 0.05) is 12.2 Å². The summed E-state index contributed by atoms with van der Waals surface area (Å²) >= 11 is 5.42. The first-order valence-electron chi connectivity index (χ1n) is 6.75. The van der Waals surface area contributed by atoms with Crippen LogP contribution in [0.4, 0.5) is 0 Å². The van der Waals surface area contributed by atoms with Gasteiger partial charge in [-0.3, -0.25) is 0 Å². The van der Waals surface area contributed by atoms with Crippen LogP contribution in [0.5, 0.6) is 0 Å². The molecule has 0 radical (unpaired) electrons. The second kappa shape index (κ2) is 4.30. The van der Waals surface area contributed by atoms with Crippen LogP contribution in [-0.2, 0) is 7.05 Å². The lowest BCUT2D eigenvalue weighted by molar-refractivity contribution is -0.638. The monoisotopic (exact) mass is 296 g/mol. The number of rotatable bonds is 1. The number of nitrogens with zero attached hydrogens (tertiary/aromatic N) is 2. The van der Waals surface area contributed by atoms with Crippen molar-refractivity contribution in [3.05, 3.63) is 52.9 Å². The Labute approximate surface area is 126 Å². The van der Waals surface area contributed by atoms with E-state index >= 15 is 0 Å². The molecule has 0 aliphatic rings. The van der Waals surface area contributed by atoms with Gasteiger partial charge in [0.1, 0.15) is 11.0 Å². The normalized spacial score (nSPS) is 11.5. The highest BCUT2D eigenvalue weighted by molar-refractivity contribution is 7.71. The van der Waals surface area contributed by atoms with E-state index in [1.807, 2.05) is 35.9 Å². The fourth-order valence-electron chi connectivity index (χ4n) is 2.82. The number of aromatic nitrogens is 3. The number of benzene rings is 2. The van der Waals surface area contributed by atoms with Crippen molar-refractivity contribution in [2.45, 2.75) is 6.92 Å². The first-order valence-corrected chi connectivity index (χ1v) is 7.16. The number of hydrogen-bond donors (Lipinski definition) is 1. The third-order valence-corrected chi connectivity index (χ3v) is 4.11. The maximum absolute atomic E-state index is 5.73. The van der Waals surface area contributed by atoms with Crippen LogP contribution in [-0.4, -0.2) is 9.55 Å². The number of fused-ring (bicyclic) bond motifs is 2. The van der Waals surface area contributed by atoms with Crippen LogP contribution >= 0.6 is 12.2 Å². The summed E-state index contributed by atoms with van der Waals surface area (Å²) in [5.74, 6) is 0.897. The number of aromatic amines is 1. The van der Waals surface area contributed by atoms with Gasteiger partial charge in [0.15, 0.2) is 11.1 Å². The fraction of sp³-hybridized carbons (Fsp3) is 0.125. The number of hydrogen-bond acceptors (Lipinski definition) is 2. The van der Waals surface area contributed by atoms with Crippen LogP contribution in [0.25, 0.3) is 28.1 Å². The van der Waals surface area contributed by atoms with E-state index in [-0.39, 0.29) is 0 Å². The molecule has 2 aromatic carbocycles. The minimum Gasteiger partial charge on any atom is -0.416 e. The van der Waals surface area contributed by atoms with E-state index in [9.17, 15) is 0 Å². The third kappa shape index (κ3) is 1.67. The van der Waals surface area contributed by atoms with Crippen molar-refractivity contribution in [2.75, 3.05) is 0 Å². The molecule has 2 aromatic heterocycles. The molecule has 104 valence electrons. The number of aryl methyl sites for hydroxylation is 2. The molecule has 0 saturated heterocycles. The molecule has 1 N–H and O–H groups in total. The largest absolute Gasteiger partial charge is 0.416 e. The molecular formula is C16H14N3OS+. The molecule has 0 amide bonds. The lowest BCUT2D eigenvalue weighted by atomic mass is 10.2. The van der Waals surface area contributed by atoms with Crippen LogP contribution < -0.4 is 4.57 Å². The number of H-pyrrole nitrogens is 1. The predicted octanol–water partition coefficient (Wildman–Crippen LogP) is 3.57. The van der Waals surface area contributed by atoms with E-state index in [1.54, 1.807) is 0 Å². The molecule has 0 fully saturated rings. The zero-order chi connectivity index (χ0) is 14.6. The second-order valence-electron chi connectivity index (χ2n) is 5.15. The smallest absolute Gasteiger partial charge is 0.371 e. The molecule has 4 rings (SSSR count). The Kier molecular flexibility index (Phi) is 2.53. The van der Waals surface area contributed by atoms with Gasteiger partial charge < -0.3 is 4.42 Å². The van der Waals surface area contributed by atoms with Gasteiger partial charge in [-0.15, -0.1) is 0 Å². The summed E-state index contributed by atoms with van der Waals surface area (Å²) in [4.78, 5) is 3.87. The second-order valence-corrected chi connectivity index (χ2v) is 5.50. The van der Waals surface area contributed by atoms with Crippen LogP contribution in [0.15, 0.2) is 46.9 Å². The van der Waals surface area contributed by atoms with Crippen molar-refractivity contribution in [3.63, 3.8) is 0 Å². The summed E-state index contributed by atoms with van der Waals surface area (Å²) in [6.07, 6.45) is 0. The summed E-state index contributed by atoms with van der Waals surface area (Å²) in [6, 6.07) is 14.2. The summed E-state index contributed by atoms with van der Waals surface area (Å²) in [5.41, 5.74) is 5.13. The molecule has 4 aromatic rings. The molecule has 0 aliphatic heterocycles. The van der Waals surface area contributed by atoms with Crippen molar-refractivity contribution in [1.82, 2.24) is 9.55 Å². The zero-order valence-corrected chi connectivity index (χ0v) is 12.6. The zero-order valence-electron chi connectivity index (χ0n) is 11.8. The molecule has 2 heterocycles. The number of imidazole rings is 1. The van der Waals surface area contributed by atoms with Gasteiger partial charge in [0.25, 0.3) is 0 Å². The molecule has 0 unspecified atom stereocenters. The maximum atomic E-state index is 5.73. The van der Waals surface area contributed by atoms with Gasteiger partial charge in [0.05, 0.1) is 7.05 Å². The van der Waals surface area contributed by atoms with E-state index in [1.165, 1.54) is 0 Å². The van der Waals surface area contributed by atoms with Crippen LogP contribution in [0.1, 0.15) is 5.56 Å². The molecule has 4 nitrogen and oxygen atoms in total. The third-order valence-electron chi connectivity index (χ3n) is 3.85. The van der Waals surface area contributed by atoms with Crippen LogP contribution in [0.3, 0.4) is 0 Å². The van der Waals surface area contributed by atoms with Gasteiger partial charge >= 0.3 is 10.8 Å². The molecule has 0 aliphatic carbocycles. The van der Waals surface area contributed by atoms with Crippen molar-refractivity contribution in [2.24, 2.45) is 7.05 Å². The summed E-state index contributed by atoms with van der Waals surface area (Å²) in [5, 5.41) is 0. The van der Waals surface area contributed by atoms with Crippen molar-refractivity contribution in [3.8, 4) is 5.95 Å². The van der Waals surface area contributed by atoms with Crippen LogP contribution in [0, 0.1) is 11.8 Å². The average molecular weight is 296 g/mol. The van der Waals surface area contributed by atoms with Gasteiger partial charge in [0.2, 0.25) is 0 Å². The molecule has 0 bridgehead atoms. The Hall–Kier alpha value is -2.40. The lowest BCUT2D eigenvalue weighted by Crippen LogP contribution is -2.32. The van der Waals surface area contributed by atoms with Crippen molar-refractivity contribution >= 4 is 34.4 Å². The summed E-state index contributed by atoms with van der Waals surface area (Å²) in [6.45, 7) is 2.06. The van der Waals surface area contributed by atoms with Gasteiger partial charge in [-0.25, -0.2) is 9.55 Å². The Balaban J connectivity index is 2.16. The van der Waals surface area contributed by atoms with Crippen molar-refractivity contribution < 1.29 is 8.98 Å². The highest BCUT2D eigenvalue weighted by Gasteiger charge is 2.22. The molecule has 0 saturated carbocycles. The van der Waals surface area contributed by atoms with Gasteiger partial charge in [-0.1, -0.05) is 24.3 Å². The first-order chi connectivity index (χ1) is 10.2. The number of nitrogens with one attached hydrogen (secondary N) is 1. The van der Waals surface area contributed by atoms with Gasteiger partial charge in [-0.2, -0.15) is 4.57 Å². The number of para-hydroxylation sites is 3. The maximum Gasteiger partial charge on any atom is 0.371 e. The molecule has 21 heavy (non-hydrogen) atoms. The summed E-state index contributed by atoms with van der Waals surface area (Å²) < 4.78 is 9.78. The van der Waals surface area contributed by atoms with E-state index in [4.69, 9.17) is 16.6 Å².